The van der Waals surface area contributed by atoms with Gasteiger partial charge in [-0.15, -0.1) is 0 Å². The number of hydrogen-bond donors (Lipinski definition) is 0. The van der Waals surface area contributed by atoms with Crippen LogP contribution in [0.4, 0.5) is 0 Å². The van der Waals surface area contributed by atoms with Crippen molar-refractivity contribution in [1.29, 1.82) is 0 Å². The van der Waals surface area contributed by atoms with Crippen molar-refractivity contribution >= 4 is 5.91 Å². The first-order chi connectivity index (χ1) is 8.20. The Kier molecular flexibility index (Phi) is 3.78. The summed E-state index contributed by atoms with van der Waals surface area (Å²) in [7, 11) is 0. The van der Waals surface area contributed by atoms with E-state index < -0.39 is 0 Å². The van der Waals surface area contributed by atoms with Crippen LogP contribution in [0.2, 0.25) is 0 Å². The van der Waals surface area contributed by atoms with Crippen molar-refractivity contribution in [2.45, 2.75) is 20.3 Å². The summed E-state index contributed by atoms with van der Waals surface area (Å²) in [4.78, 5) is 13.9. The summed E-state index contributed by atoms with van der Waals surface area (Å²) >= 11 is 0. The summed E-state index contributed by atoms with van der Waals surface area (Å²) in [5.41, 5.74) is 0.392. The molecule has 0 unspecified atom stereocenters. The van der Waals surface area contributed by atoms with Crippen LogP contribution in [0.1, 0.15) is 29.6 Å². The van der Waals surface area contributed by atoms with Crippen molar-refractivity contribution in [2.75, 3.05) is 26.3 Å². The highest BCUT2D eigenvalue weighted by Crippen LogP contribution is 2.15. The summed E-state index contributed by atoms with van der Waals surface area (Å²) < 4.78 is 10.2. The van der Waals surface area contributed by atoms with E-state index in [0.29, 0.717) is 23.9 Å². The molecule has 0 saturated carbocycles. The van der Waals surface area contributed by atoms with Crippen LogP contribution in [0, 0.1) is 12.8 Å². The summed E-state index contributed by atoms with van der Waals surface area (Å²) in [5.74, 6) is 1.05. The highest BCUT2D eigenvalue weighted by atomic mass is 16.5. The number of nitrogens with zero attached hydrogens (tertiary/aromatic N) is 2. The Morgan fingerprint density at radius 1 is 1.65 bits per heavy atom. The summed E-state index contributed by atoms with van der Waals surface area (Å²) in [6.45, 7) is 6.73. The lowest BCUT2D eigenvalue weighted by molar-refractivity contribution is 0.0720. The van der Waals surface area contributed by atoms with E-state index in [1.165, 1.54) is 0 Å². The van der Waals surface area contributed by atoms with Gasteiger partial charge < -0.3 is 14.2 Å². The molecule has 1 atom stereocenters. The third-order valence-corrected chi connectivity index (χ3v) is 3.02. The quantitative estimate of drug-likeness (QED) is 0.797. The van der Waals surface area contributed by atoms with Crippen LogP contribution in [0.3, 0.4) is 0 Å². The van der Waals surface area contributed by atoms with Gasteiger partial charge in [0.15, 0.2) is 5.69 Å². The van der Waals surface area contributed by atoms with Crippen LogP contribution in [-0.4, -0.2) is 42.3 Å². The van der Waals surface area contributed by atoms with Gasteiger partial charge in [-0.25, -0.2) is 0 Å². The fourth-order valence-corrected chi connectivity index (χ4v) is 2.02. The normalized spacial score (nSPS) is 19.5. The minimum absolute atomic E-state index is 0.0590. The molecule has 1 amide bonds. The molecule has 0 aliphatic carbocycles. The number of carbonyl (C=O) groups excluding carboxylic acids is 1. The highest BCUT2D eigenvalue weighted by molar-refractivity contribution is 5.92. The van der Waals surface area contributed by atoms with Crippen LogP contribution in [0.15, 0.2) is 10.6 Å². The number of aromatic nitrogens is 1. The molecule has 17 heavy (non-hydrogen) atoms. The first-order valence-corrected chi connectivity index (χ1v) is 6.01. The van der Waals surface area contributed by atoms with Gasteiger partial charge in [0.25, 0.3) is 5.91 Å². The molecule has 94 valence electrons. The molecule has 1 saturated heterocycles. The lowest BCUT2D eigenvalue weighted by atomic mass is 10.1. The van der Waals surface area contributed by atoms with Crippen molar-refractivity contribution in [3.05, 3.63) is 17.5 Å². The fourth-order valence-electron chi connectivity index (χ4n) is 2.02. The third kappa shape index (κ3) is 2.85. The number of aryl methyl sites for hydroxylation is 1. The van der Waals surface area contributed by atoms with E-state index in [1.54, 1.807) is 17.9 Å². The zero-order chi connectivity index (χ0) is 12.3. The van der Waals surface area contributed by atoms with Crippen LogP contribution in [-0.2, 0) is 4.74 Å². The largest absolute Gasteiger partial charge is 0.381 e. The number of amides is 1. The van der Waals surface area contributed by atoms with Gasteiger partial charge in [-0.05, 0) is 20.3 Å². The molecule has 2 heterocycles. The zero-order valence-electron chi connectivity index (χ0n) is 10.3. The van der Waals surface area contributed by atoms with E-state index in [1.807, 2.05) is 6.92 Å². The Labute approximate surface area is 101 Å². The Bertz CT molecular complexity index is 383. The molecule has 1 fully saturated rings. The van der Waals surface area contributed by atoms with Crippen LogP contribution >= 0.6 is 0 Å². The molecular formula is C12H18N2O3. The zero-order valence-corrected chi connectivity index (χ0v) is 10.3. The minimum Gasteiger partial charge on any atom is -0.381 e. The highest BCUT2D eigenvalue weighted by Gasteiger charge is 2.23. The van der Waals surface area contributed by atoms with Crippen LogP contribution in [0.5, 0.6) is 0 Å². The molecule has 2 rings (SSSR count). The van der Waals surface area contributed by atoms with E-state index in [-0.39, 0.29) is 5.91 Å². The van der Waals surface area contributed by atoms with Gasteiger partial charge in [0.1, 0.15) is 5.76 Å². The molecule has 1 aromatic rings. The molecule has 1 aliphatic rings. The van der Waals surface area contributed by atoms with Crippen molar-refractivity contribution in [3.8, 4) is 0 Å². The van der Waals surface area contributed by atoms with Gasteiger partial charge in [-0.2, -0.15) is 0 Å². The molecule has 0 aromatic carbocycles. The van der Waals surface area contributed by atoms with Crippen molar-refractivity contribution in [2.24, 2.45) is 5.92 Å². The predicted molar refractivity (Wildman–Crippen MR) is 61.7 cm³/mol. The maximum atomic E-state index is 12.1. The Morgan fingerprint density at radius 3 is 3.00 bits per heavy atom. The molecule has 1 aliphatic heterocycles. The van der Waals surface area contributed by atoms with Gasteiger partial charge in [-0.1, -0.05) is 5.16 Å². The van der Waals surface area contributed by atoms with Crippen molar-refractivity contribution in [1.82, 2.24) is 10.1 Å². The molecule has 0 bridgehead atoms. The van der Waals surface area contributed by atoms with Crippen LogP contribution < -0.4 is 0 Å². The van der Waals surface area contributed by atoms with E-state index in [4.69, 9.17) is 9.26 Å². The third-order valence-electron chi connectivity index (χ3n) is 3.02. The Hall–Kier alpha value is -1.36. The maximum Gasteiger partial charge on any atom is 0.276 e. The van der Waals surface area contributed by atoms with Gasteiger partial charge in [0.2, 0.25) is 0 Å². The van der Waals surface area contributed by atoms with Crippen molar-refractivity contribution in [3.63, 3.8) is 0 Å². The molecule has 5 heteroatoms. The average molecular weight is 238 g/mol. The molecule has 1 aromatic heterocycles. The number of hydrogen-bond acceptors (Lipinski definition) is 4. The van der Waals surface area contributed by atoms with E-state index in [9.17, 15) is 4.79 Å². The molecule has 0 radical (unpaired) electrons. The average Bonchev–Trinajstić information content (AvgIpc) is 2.96. The number of carbonyl (C=O) groups is 1. The Balaban J connectivity index is 1.99. The first kappa shape index (κ1) is 12.1. The van der Waals surface area contributed by atoms with Gasteiger partial charge in [-0.3, -0.25) is 4.79 Å². The predicted octanol–water partition coefficient (Wildman–Crippen LogP) is 1.48. The van der Waals surface area contributed by atoms with E-state index in [2.05, 4.69) is 5.16 Å². The number of ether oxygens (including phenoxy) is 1. The first-order valence-electron chi connectivity index (χ1n) is 6.01. The maximum absolute atomic E-state index is 12.1. The molecule has 0 N–H and O–H groups in total. The second-order valence-corrected chi connectivity index (χ2v) is 4.40. The van der Waals surface area contributed by atoms with Crippen molar-refractivity contribution < 1.29 is 14.1 Å². The number of rotatable bonds is 4. The summed E-state index contributed by atoms with van der Waals surface area (Å²) in [5, 5.41) is 3.76. The van der Waals surface area contributed by atoms with Gasteiger partial charge >= 0.3 is 0 Å². The SMILES string of the molecule is CCN(C[C@H]1CCOC1)C(=O)c1cc(C)on1. The van der Waals surface area contributed by atoms with E-state index >= 15 is 0 Å². The fraction of sp³-hybridized carbons (Fsp3) is 0.667. The summed E-state index contributed by atoms with van der Waals surface area (Å²) in [6, 6.07) is 1.68. The van der Waals surface area contributed by atoms with Gasteiger partial charge in [0, 0.05) is 31.7 Å². The molecule has 0 spiro atoms. The second-order valence-electron chi connectivity index (χ2n) is 4.40. The molecular weight excluding hydrogens is 220 g/mol. The summed E-state index contributed by atoms with van der Waals surface area (Å²) in [6.07, 6.45) is 1.03. The topological polar surface area (TPSA) is 55.6 Å². The molecule has 5 nitrogen and oxygen atoms in total. The standard InChI is InChI=1S/C12H18N2O3/c1-3-14(7-10-4-5-16-8-10)12(15)11-6-9(2)17-13-11/h6,10H,3-5,7-8H2,1-2H3/t10-/m1/s1. The van der Waals surface area contributed by atoms with Crippen LogP contribution in [0.25, 0.3) is 0 Å². The minimum atomic E-state index is -0.0590. The lowest BCUT2D eigenvalue weighted by Gasteiger charge is -2.22. The second kappa shape index (κ2) is 5.31. The lowest BCUT2D eigenvalue weighted by Crippen LogP contribution is -2.35. The van der Waals surface area contributed by atoms with E-state index in [0.717, 1.165) is 26.2 Å². The monoisotopic (exact) mass is 238 g/mol. The van der Waals surface area contributed by atoms with Gasteiger partial charge in [0.05, 0.1) is 6.61 Å². The Morgan fingerprint density at radius 2 is 2.47 bits per heavy atom. The smallest absolute Gasteiger partial charge is 0.276 e.